The van der Waals surface area contributed by atoms with Crippen molar-refractivity contribution < 1.29 is 9.90 Å². The minimum atomic E-state index is -0.962. The van der Waals surface area contributed by atoms with Gasteiger partial charge in [0.2, 0.25) is 0 Å². The Balaban J connectivity index is 2.89. The van der Waals surface area contributed by atoms with Crippen LogP contribution >= 0.6 is 22.6 Å². The van der Waals surface area contributed by atoms with E-state index in [2.05, 4.69) is 22.6 Å². The van der Waals surface area contributed by atoms with Crippen molar-refractivity contribution in [3.63, 3.8) is 0 Å². The van der Waals surface area contributed by atoms with Gasteiger partial charge in [-0.25, -0.2) is 0 Å². The standard InChI is InChI=1S/C10H12INO2/c1-6(9(12)10(13)14)7-3-2-4-8(11)5-7/h2-6,9H,12H2,1H3,(H,13,14)/t6?,9-/m0/s1. The van der Waals surface area contributed by atoms with E-state index in [1.54, 1.807) is 0 Å². The average Bonchev–Trinajstić information content (AvgIpc) is 2.15. The van der Waals surface area contributed by atoms with Crippen LogP contribution in [0.4, 0.5) is 0 Å². The molecule has 3 nitrogen and oxygen atoms in total. The molecule has 0 heterocycles. The Morgan fingerprint density at radius 2 is 2.21 bits per heavy atom. The molecular weight excluding hydrogens is 293 g/mol. The molecule has 4 heteroatoms. The Morgan fingerprint density at radius 1 is 1.57 bits per heavy atom. The summed E-state index contributed by atoms with van der Waals surface area (Å²) in [7, 11) is 0. The highest BCUT2D eigenvalue weighted by atomic mass is 127. The summed E-state index contributed by atoms with van der Waals surface area (Å²) in [5.74, 6) is -1.13. The number of nitrogens with two attached hydrogens (primary N) is 1. The first-order valence-electron chi connectivity index (χ1n) is 4.26. The quantitative estimate of drug-likeness (QED) is 0.837. The van der Waals surface area contributed by atoms with E-state index in [1.165, 1.54) is 0 Å². The molecule has 3 N–H and O–H groups in total. The maximum absolute atomic E-state index is 10.7. The maximum Gasteiger partial charge on any atom is 0.321 e. The summed E-state index contributed by atoms with van der Waals surface area (Å²) in [5.41, 5.74) is 6.50. The molecule has 0 aliphatic carbocycles. The summed E-state index contributed by atoms with van der Waals surface area (Å²) in [4.78, 5) is 10.7. The predicted octanol–water partition coefficient (Wildman–Crippen LogP) is 1.81. The minimum Gasteiger partial charge on any atom is -0.480 e. The molecule has 0 saturated carbocycles. The second-order valence-corrected chi connectivity index (χ2v) is 4.45. The van der Waals surface area contributed by atoms with Crippen LogP contribution in [0.3, 0.4) is 0 Å². The van der Waals surface area contributed by atoms with Crippen molar-refractivity contribution in [3.05, 3.63) is 33.4 Å². The fourth-order valence-corrected chi connectivity index (χ4v) is 1.78. The van der Waals surface area contributed by atoms with Gasteiger partial charge in [0.05, 0.1) is 0 Å². The van der Waals surface area contributed by atoms with E-state index in [0.717, 1.165) is 9.13 Å². The van der Waals surface area contributed by atoms with Gasteiger partial charge in [0.1, 0.15) is 6.04 Å². The Morgan fingerprint density at radius 3 is 2.71 bits per heavy atom. The van der Waals surface area contributed by atoms with Gasteiger partial charge in [-0.15, -0.1) is 0 Å². The van der Waals surface area contributed by atoms with Gasteiger partial charge in [-0.2, -0.15) is 0 Å². The third-order valence-corrected chi connectivity index (χ3v) is 2.87. The zero-order valence-corrected chi connectivity index (χ0v) is 9.93. The lowest BCUT2D eigenvalue weighted by Gasteiger charge is -2.16. The topological polar surface area (TPSA) is 63.3 Å². The molecule has 1 rings (SSSR count). The number of hydrogen-bond acceptors (Lipinski definition) is 2. The average molecular weight is 305 g/mol. The number of carboxylic acid groups (broad SMARTS) is 1. The molecule has 0 saturated heterocycles. The van der Waals surface area contributed by atoms with Crippen LogP contribution in [0.5, 0.6) is 0 Å². The van der Waals surface area contributed by atoms with Gasteiger partial charge in [-0.1, -0.05) is 19.1 Å². The minimum absolute atomic E-state index is 0.165. The number of halogens is 1. The second kappa shape index (κ2) is 4.75. The fourth-order valence-electron chi connectivity index (χ4n) is 1.21. The highest BCUT2D eigenvalue weighted by Crippen LogP contribution is 2.20. The van der Waals surface area contributed by atoms with E-state index in [9.17, 15) is 4.79 Å². The second-order valence-electron chi connectivity index (χ2n) is 3.21. The van der Waals surface area contributed by atoms with Gasteiger partial charge < -0.3 is 10.8 Å². The van der Waals surface area contributed by atoms with E-state index in [-0.39, 0.29) is 5.92 Å². The summed E-state index contributed by atoms with van der Waals surface area (Å²) >= 11 is 2.19. The molecule has 0 aliphatic heterocycles. The molecule has 0 fully saturated rings. The van der Waals surface area contributed by atoms with Gasteiger partial charge in [0.25, 0.3) is 0 Å². The van der Waals surface area contributed by atoms with E-state index in [4.69, 9.17) is 10.8 Å². The first-order valence-corrected chi connectivity index (χ1v) is 5.34. The van der Waals surface area contributed by atoms with Gasteiger partial charge >= 0.3 is 5.97 Å². The summed E-state index contributed by atoms with van der Waals surface area (Å²) < 4.78 is 1.09. The largest absolute Gasteiger partial charge is 0.480 e. The predicted molar refractivity (Wildman–Crippen MR) is 63.2 cm³/mol. The molecule has 0 amide bonds. The number of benzene rings is 1. The molecule has 0 spiro atoms. The molecule has 1 aromatic rings. The molecule has 76 valence electrons. The lowest BCUT2D eigenvalue weighted by molar-refractivity contribution is -0.139. The van der Waals surface area contributed by atoms with Crippen molar-refractivity contribution in [1.82, 2.24) is 0 Å². The number of hydrogen-bond donors (Lipinski definition) is 2. The fraction of sp³-hybridized carbons (Fsp3) is 0.300. The summed E-state index contributed by atoms with van der Waals surface area (Å²) in [6.45, 7) is 1.82. The third kappa shape index (κ3) is 2.68. The van der Waals surface area contributed by atoms with Gasteiger partial charge in [-0.3, -0.25) is 4.79 Å². The van der Waals surface area contributed by atoms with Crippen LogP contribution in [0.25, 0.3) is 0 Å². The van der Waals surface area contributed by atoms with Gasteiger partial charge in [-0.05, 0) is 40.3 Å². The molecule has 0 aromatic heterocycles. The molecular formula is C10H12INO2. The van der Waals surface area contributed by atoms with Crippen molar-refractivity contribution >= 4 is 28.6 Å². The molecule has 0 bridgehead atoms. The first kappa shape index (κ1) is 11.5. The number of rotatable bonds is 3. The van der Waals surface area contributed by atoms with Crippen molar-refractivity contribution in [2.45, 2.75) is 18.9 Å². The Kier molecular flexibility index (Phi) is 3.88. The normalized spacial score (nSPS) is 14.8. The first-order chi connectivity index (χ1) is 6.52. The van der Waals surface area contributed by atoms with Gasteiger partial charge in [0, 0.05) is 9.49 Å². The van der Waals surface area contributed by atoms with E-state index < -0.39 is 12.0 Å². The molecule has 14 heavy (non-hydrogen) atoms. The van der Waals surface area contributed by atoms with Gasteiger partial charge in [0.15, 0.2) is 0 Å². The van der Waals surface area contributed by atoms with E-state index in [0.29, 0.717) is 0 Å². The van der Waals surface area contributed by atoms with E-state index >= 15 is 0 Å². The van der Waals surface area contributed by atoms with Crippen LogP contribution in [0.15, 0.2) is 24.3 Å². The van der Waals surface area contributed by atoms with Crippen LogP contribution in [-0.4, -0.2) is 17.1 Å². The Hall–Kier alpha value is -0.620. The summed E-state index contributed by atoms with van der Waals surface area (Å²) in [6, 6.07) is 6.88. The SMILES string of the molecule is CC(c1cccc(I)c1)[C@H](N)C(=O)O. The van der Waals surface area contributed by atoms with Crippen molar-refractivity contribution in [2.24, 2.45) is 5.73 Å². The summed E-state index contributed by atoms with van der Waals surface area (Å²) in [5, 5.41) is 8.76. The molecule has 0 aliphatic rings. The highest BCUT2D eigenvalue weighted by molar-refractivity contribution is 14.1. The number of carbonyl (C=O) groups is 1. The zero-order valence-electron chi connectivity index (χ0n) is 7.77. The molecule has 2 atom stereocenters. The molecule has 0 radical (unpaired) electrons. The smallest absolute Gasteiger partial charge is 0.321 e. The number of aliphatic carboxylic acids is 1. The molecule has 1 aromatic carbocycles. The number of carboxylic acids is 1. The Labute approximate surface area is 96.4 Å². The third-order valence-electron chi connectivity index (χ3n) is 2.20. The van der Waals surface area contributed by atoms with Crippen LogP contribution in [0.2, 0.25) is 0 Å². The highest BCUT2D eigenvalue weighted by Gasteiger charge is 2.21. The van der Waals surface area contributed by atoms with Crippen LogP contribution in [0.1, 0.15) is 18.4 Å². The summed E-state index contributed by atoms with van der Waals surface area (Å²) in [6.07, 6.45) is 0. The van der Waals surface area contributed by atoms with Crippen LogP contribution in [-0.2, 0) is 4.79 Å². The van der Waals surface area contributed by atoms with Crippen LogP contribution < -0.4 is 5.73 Å². The zero-order chi connectivity index (χ0) is 10.7. The van der Waals surface area contributed by atoms with Crippen molar-refractivity contribution in [3.8, 4) is 0 Å². The lowest BCUT2D eigenvalue weighted by Crippen LogP contribution is -2.35. The van der Waals surface area contributed by atoms with Crippen LogP contribution in [0, 0.1) is 3.57 Å². The lowest BCUT2D eigenvalue weighted by atomic mass is 9.94. The Bertz CT molecular complexity index is 341. The monoisotopic (exact) mass is 305 g/mol. The maximum atomic E-state index is 10.7. The van der Waals surface area contributed by atoms with E-state index in [1.807, 2.05) is 31.2 Å². The van der Waals surface area contributed by atoms with Crippen molar-refractivity contribution in [2.75, 3.05) is 0 Å². The molecule has 1 unspecified atom stereocenters. The van der Waals surface area contributed by atoms with Crippen molar-refractivity contribution in [1.29, 1.82) is 0 Å².